The topological polar surface area (TPSA) is 70.8 Å². The molecule has 1 aliphatic heterocycles. The highest BCUT2D eigenvalue weighted by molar-refractivity contribution is 5.93. The lowest BCUT2D eigenvalue weighted by molar-refractivity contribution is -0.123. The van der Waals surface area contributed by atoms with Crippen molar-refractivity contribution in [2.24, 2.45) is 0 Å². The Balaban J connectivity index is 1.60. The fourth-order valence-electron chi connectivity index (χ4n) is 3.49. The van der Waals surface area contributed by atoms with Crippen LogP contribution in [0.4, 0.5) is 11.4 Å². The third kappa shape index (κ3) is 3.29. The minimum Gasteiger partial charge on any atom is -0.495 e. The third-order valence-electron chi connectivity index (χ3n) is 5.30. The molecule has 24 heavy (non-hydrogen) atoms. The highest BCUT2D eigenvalue weighted by Crippen LogP contribution is 2.44. The van der Waals surface area contributed by atoms with E-state index in [4.69, 9.17) is 10.5 Å². The molecule has 132 valence electrons. The summed E-state index contributed by atoms with van der Waals surface area (Å²) < 4.78 is 5.29. The van der Waals surface area contributed by atoms with Crippen molar-refractivity contribution in [3.8, 4) is 5.75 Å². The highest BCUT2D eigenvalue weighted by Gasteiger charge is 2.53. The number of amides is 1. The molecule has 0 radical (unpaired) electrons. The maximum atomic E-state index is 12.7. The minimum atomic E-state index is -0.424. The Morgan fingerprint density at radius 1 is 1.38 bits per heavy atom. The molecule has 0 atom stereocenters. The first-order valence-electron chi connectivity index (χ1n) is 8.75. The summed E-state index contributed by atoms with van der Waals surface area (Å²) in [5.41, 5.74) is 7.02. The molecule has 2 fully saturated rings. The van der Waals surface area contributed by atoms with Crippen LogP contribution in [0.3, 0.4) is 0 Å². The van der Waals surface area contributed by atoms with Gasteiger partial charge in [-0.1, -0.05) is 0 Å². The summed E-state index contributed by atoms with van der Waals surface area (Å²) in [7, 11) is 3.57. The van der Waals surface area contributed by atoms with Gasteiger partial charge in [0.25, 0.3) is 0 Å². The second-order valence-corrected chi connectivity index (χ2v) is 6.82. The number of benzene rings is 1. The van der Waals surface area contributed by atoms with Gasteiger partial charge in [-0.25, -0.2) is 0 Å². The van der Waals surface area contributed by atoms with E-state index in [2.05, 4.69) is 15.1 Å². The predicted molar refractivity (Wildman–Crippen MR) is 96.5 cm³/mol. The first kappa shape index (κ1) is 16.9. The van der Waals surface area contributed by atoms with Crippen molar-refractivity contribution in [3.63, 3.8) is 0 Å². The van der Waals surface area contributed by atoms with Crippen molar-refractivity contribution in [1.82, 2.24) is 10.2 Å². The number of hydrogen-bond acceptors (Lipinski definition) is 5. The van der Waals surface area contributed by atoms with E-state index in [0.29, 0.717) is 11.4 Å². The average molecular weight is 332 g/mol. The van der Waals surface area contributed by atoms with Crippen LogP contribution in [0, 0.1) is 0 Å². The van der Waals surface area contributed by atoms with Crippen LogP contribution in [-0.4, -0.2) is 56.7 Å². The molecule has 0 spiro atoms. The highest BCUT2D eigenvalue weighted by atomic mass is 16.5. The van der Waals surface area contributed by atoms with Gasteiger partial charge in [0, 0.05) is 31.9 Å². The normalized spacial score (nSPS) is 19.1. The molecule has 2 aliphatic rings. The Labute approximate surface area is 143 Å². The van der Waals surface area contributed by atoms with Crippen LogP contribution in [0.2, 0.25) is 0 Å². The standard InChI is InChI=1S/C18H28N4O2/c1-21(14-5-6-15(19)16(13-14)24-2)18(7-8-18)17(23)20-9-12-22-10-3-4-11-22/h5-6,13H,3-4,7-12,19H2,1-2H3,(H,20,23). The van der Waals surface area contributed by atoms with Crippen LogP contribution < -0.4 is 20.7 Å². The van der Waals surface area contributed by atoms with Gasteiger partial charge in [-0.3, -0.25) is 4.79 Å². The predicted octanol–water partition coefficient (Wildman–Crippen LogP) is 1.46. The first-order valence-corrected chi connectivity index (χ1v) is 8.75. The number of nitrogen functional groups attached to an aromatic ring is 1. The summed E-state index contributed by atoms with van der Waals surface area (Å²) in [6, 6.07) is 5.66. The Morgan fingerprint density at radius 2 is 2.08 bits per heavy atom. The van der Waals surface area contributed by atoms with Crippen molar-refractivity contribution in [3.05, 3.63) is 18.2 Å². The molecule has 3 rings (SSSR count). The van der Waals surface area contributed by atoms with Crippen molar-refractivity contribution in [2.45, 2.75) is 31.2 Å². The number of ether oxygens (including phenoxy) is 1. The van der Waals surface area contributed by atoms with Gasteiger partial charge in [0.05, 0.1) is 12.8 Å². The lowest BCUT2D eigenvalue weighted by Gasteiger charge is -2.30. The summed E-state index contributed by atoms with van der Waals surface area (Å²) in [4.78, 5) is 17.2. The minimum absolute atomic E-state index is 0.125. The SMILES string of the molecule is COc1cc(N(C)C2(C(=O)NCCN3CCCC3)CC2)ccc1N. The van der Waals surface area contributed by atoms with Crippen LogP contribution in [0.5, 0.6) is 5.75 Å². The zero-order valence-electron chi connectivity index (χ0n) is 14.7. The van der Waals surface area contributed by atoms with E-state index in [0.717, 1.165) is 44.7 Å². The maximum absolute atomic E-state index is 12.7. The lowest BCUT2D eigenvalue weighted by Crippen LogP contribution is -2.49. The summed E-state index contributed by atoms with van der Waals surface area (Å²) in [5.74, 6) is 0.768. The molecule has 0 unspecified atom stereocenters. The number of likely N-dealkylation sites (N-methyl/N-ethyl adjacent to an activating group) is 1. The van der Waals surface area contributed by atoms with Gasteiger partial charge in [-0.15, -0.1) is 0 Å². The summed E-state index contributed by atoms with van der Waals surface area (Å²) in [6.45, 7) is 3.99. The van der Waals surface area contributed by atoms with Gasteiger partial charge in [0.1, 0.15) is 11.3 Å². The number of nitrogens with one attached hydrogen (secondary N) is 1. The molecule has 1 amide bonds. The van der Waals surface area contributed by atoms with E-state index < -0.39 is 5.54 Å². The van der Waals surface area contributed by atoms with Crippen molar-refractivity contribution >= 4 is 17.3 Å². The molecule has 0 bridgehead atoms. The monoisotopic (exact) mass is 332 g/mol. The zero-order valence-corrected chi connectivity index (χ0v) is 14.7. The molecule has 1 aromatic rings. The van der Waals surface area contributed by atoms with Crippen LogP contribution in [0.25, 0.3) is 0 Å². The maximum Gasteiger partial charge on any atom is 0.245 e. The molecule has 1 heterocycles. The van der Waals surface area contributed by atoms with Crippen LogP contribution in [0.15, 0.2) is 18.2 Å². The number of carbonyl (C=O) groups is 1. The fourth-order valence-corrected chi connectivity index (χ4v) is 3.49. The smallest absolute Gasteiger partial charge is 0.245 e. The third-order valence-corrected chi connectivity index (χ3v) is 5.30. The number of carbonyl (C=O) groups excluding carboxylic acids is 1. The van der Waals surface area contributed by atoms with Crippen molar-refractivity contribution < 1.29 is 9.53 Å². The number of hydrogen-bond donors (Lipinski definition) is 2. The van der Waals surface area contributed by atoms with E-state index in [1.165, 1.54) is 12.8 Å². The van der Waals surface area contributed by atoms with Gasteiger partial charge in [0.2, 0.25) is 5.91 Å². The summed E-state index contributed by atoms with van der Waals surface area (Å²) in [5, 5.41) is 3.12. The van der Waals surface area contributed by atoms with Gasteiger partial charge < -0.3 is 25.6 Å². The largest absolute Gasteiger partial charge is 0.495 e. The van der Waals surface area contributed by atoms with Gasteiger partial charge in [-0.05, 0) is 50.9 Å². The van der Waals surface area contributed by atoms with E-state index in [1.807, 2.05) is 25.2 Å². The van der Waals surface area contributed by atoms with Crippen LogP contribution in [-0.2, 0) is 4.79 Å². The van der Waals surface area contributed by atoms with Gasteiger partial charge in [-0.2, -0.15) is 0 Å². The van der Waals surface area contributed by atoms with E-state index in [9.17, 15) is 4.79 Å². The molecular formula is C18H28N4O2. The molecule has 1 aliphatic carbocycles. The van der Waals surface area contributed by atoms with Crippen LogP contribution in [0.1, 0.15) is 25.7 Å². The van der Waals surface area contributed by atoms with E-state index in [-0.39, 0.29) is 5.91 Å². The fraction of sp³-hybridized carbons (Fsp3) is 0.611. The number of nitrogens with zero attached hydrogens (tertiary/aromatic N) is 2. The van der Waals surface area contributed by atoms with Crippen LogP contribution >= 0.6 is 0 Å². The van der Waals surface area contributed by atoms with E-state index >= 15 is 0 Å². The summed E-state index contributed by atoms with van der Waals surface area (Å²) in [6.07, 6.45) is 4.32. The Hall–Kier alpha value is -1.95. The zero-order chi connectivity index (χ0) is 17.2. The molecule has 3 N–H and O–H groups in total. The Bertz CT molecular complexity index is 595. The number of methoxy groups -OCH3 is 1. The quantitative estimate of drug-likeness (QED) is 0.740. The molecule has 1 saturated carbocycles. The number of rotatable bonds is 7. The molecule has 1 aromatic carbocycles. The first-order chi connectivity index (χ1) is 11.6. The average Bonchev–Trinajstić information content (AvgIpc) is 3.25. The van der Waals surface area contributed by atoms with Crippen molar-refractivity contribution in [2.75, 3.05) is 51.0 Å². The van der Waals surface area contributed by atoms with Gasteiger partial charge in [0.15, 0.2) is 0 Å². The van der Waals surface area contributed by atoms with E-state index in [1.54, 1.807) is 7.11 Å². The number of likely N-dealkylation sites (tertiary alicyclic amines) is 1. The molecule has 6 nitrogen and oxygen atoms in total. The molecule has 1 saturated heterocycles. The van der Waals surface area contributed by atoms with Crippen molar-refractivity contribution in [1.29, 1.82) is 0 Å². The second-order valence-electron chi connectivity index (χ2n) is 6.82. The summed E-state index contributed by atoms with van der Waals surface area (Å²) >= 11 is 0. The Kier molecular flexibility index (Phi) is 4.85. The lowest BCUT2D eigenvalue weighted by atomic mass is 10.1. The number of anilines is 2. The molecule has 0 aromatic heterocycles. The second kappa shape index (κ2) is 6.89. The van der Waals surface area contributed by atoms with Gasteiger partial charge >= 0.3 is 0 Å². The molecule has 6 heteroatoms. The Morgan fingerprint density at radius 3 is 2.71 bits per heavy atom. The number of nitrogens with two attached hydrogens (primary N) is 1. The molecular weight excluding hydrogens is 304 g/mol.